The van der Waals surface area contributed by atoms with Gasteiger partial charge >= 0.3 is 0 Å². The topological polar surface area (TPSA) is 84.5 Å². The molecule has 1 saturated heterocycles. The summed E-state index contributed by atoms with van der Waals surface area (Å²) in [5.41, 5.74) is 3.19. The number of likely N-dealkylation sites (tertiary alicyclic amines) is 1. The van der Waals surface area contributed by atoms with E-state index < -0.39 is 17.2 Å². The molecule has 6 rings (SSSR count). The van der Waals surface area contributed by atoms with Gasteiger partial charge in [-0.25, -0.2) is 4.39 Å². The maximum absolute atomic E-state index is 15.4. The van der Waals surface area contributed by atoms with Crippen molar-refractivity contribution >= 4 is 45.3 Å². The van der Waals surface area contributed by atoms with Crippen LogP contribution in [0.15, 0.2) is 64.7 Å². The van der Waals surface area contributed by atoms with Gasteiger partial charge in [-0.3, -0.25) is 24.0 Å². The molecule has 0 spiro atoms. The summed E-state index contributed by atoms with van der Waals surface area (Å²) in [5.74, 6) is -0.311. The summed E-state index contributed by atoms with van der Waals surface area (Å²) in [4.78, 5) is 38.6. The van der Waals surface area contributed by atoms with E-state index in [0.717, 1.165) is 42.5 Å². The Bertz CT molecular complexity index is 1780. The maximum atomic E-state index is 15.4. The molecule has 1 fully saturated rings. The van der Waals surface area contributed by atoms with Gasteiger partial charge in [0.25, 0.3) is 5.91 Å². The van der Waals surface area contributed by atoms with E-state index in [4.69, 9.17) is 0 Å². The van der Waals surface area contributed by atoms with Gasteiger partial charge < -0.3 is 14.8 Å². The van der Waals surface area contributed by atoms with E-state index in [1.807, 2.05) is 40.3 Å². The van der Waals surface area contributed by atoms with Crippen molar-refractivity contribution in [2.75, 3.05) is 25.9 Å². The molecule has 1 atom stereocenters. The lowest BCUT2D eigenvalue weighted by Crippen LogP contribution is -2.34. The summed E-state index contributed by atoms with van der Waals surface area (Å²) in [5, 5.41) is 3.17. The van der Waals surface area contributed by atoms with Crippen LogP contribution >= 0.6 is 11.8 Å². The van der Waals surface area contributed by atoms with E-state index in [2.05, 4.69) is 27.2 Å². The summed E-state index contributed by atoms with van der Waals surface area (Å²) >= 11 is 1.37. The minimum absolute atomic E-state index is 0.0356. The minimum atomic E-state index is -0.482. The molecule has 4 heterocycles. The van der Waals surface area contributed by atoms with Crippen molar-refractivity contribution < 1.29 is 9.18 Å². The Morgan fingerprint density at radius 1 is 1.15 bits per heavy atom. The molecular weight excluding hydrogens is 527 g/mol. The highest BCUT2D eigenvalue weighted by atomic mass is 32.2. The van der Waals surface area contributed by atoms with E-state index in [9.17, 15) is 9.59 Å². The molecule has 0 bridgehead atoms. The number of hydrogen-bond acceptors (Lipinski definition) is 6. The van der Waals surface area contributed by atoms with Gasteiger partial charge in [-0.1, -0.05) is 12.1 Å². The van der Waals surface area contributed by atoms with Crippen LogP contribution in [0.1, 0.15) is 35.3 Å². The number of hydrogen-bond donors (Lipinski definition) is 1. The highest BCUT2D eigenvalue weighted by Gasteiger charge is 2.25. The molecule has 1 amide bonds. The second-order valence-corrected chi connectivity index (χ2v) is 11.5. The standard InChI is InChI=1S/C30H31FN6O2S/c1-35-14-5-6-20(35)9-11-34-29(39)27-28(38)21-16-22(31)26(40-15-10-19-18-32-12-13-33-19)17-25(21)37-24-8-4-3-7-23(24)36(2)30(27)37/h3-4,7-8,12-13,16-18,20H,5-6,9-11,14-15H2,1-2H3,(H,34,39). The van der Waals surface area contributed by atoms with E-state index in [1.165, 1.54) is 17.8 Å². The molecule has 3 aromatic heterocycles. The zero-order valence-electron chi connectivity index (χ0n) is 22.6. The van der Waals surface area contributed by atoms with Crippen molar-refractivity contribution in [2.45, 2.75) is 36.6 Å². The molecule has 1 aliphatic rings. The first-order chi connectivity index (χ1) is 19.4. The highest BCUT2D eigenvalue weighted by Crippen LogP contribution is 2.31. The second-order valence-electron chi connectivity index (χ2n) is 10.3. The molecule has 8 nitrogen and oxygen atoms in total. The Morgan fingerprint density at radius 3 is 2.73 bits per heavy atom. The smallest absolute Gasteiger partial charge is 0.259 e. The Labute approximate surface area is 235 Å². The average molecular weight is 559 g/mol. The fourth-order valence-electron chi connectivity index (χ4n) is 5.81. The largest absolute Gasteiger partial charge is 0.352 e. The number of thioether (sulfide) groups is 1. The number of nitrogens with zero attached hydrogens (tertiary/aromatic N) is 5. The molecule has 1 unspecified atom stereocenters. The SMILES string of the molecule is CN1CCCC1CCNC(=O)c1c(=O)c2cc(F)c(SCCc3cnccn3)cc2n2c3ccccc3n(C)c12. The van der Waals surface area contributed by atoms with Crippen molar-refractivity contribution in [1.29, 1.82) is 0 Å². The van der Waals surface area contributed by atoms with Gasteiger partial charge in [0, 0.05) is 60.7 Å². The summed E-state index contributed by atoms with van der Waals surface area (Å²) in [6.07, 6.45) is 8.68. The van der Waals surface area contributed by atoms with Crippen LogP contribution in [0, 0.1) is 5.82 Å². The molecule has 0 radical (unpaired) electrons. The van der Waals surface area contributed by atoms with Gasteiger partial charge in [0.05, 0.1) is 22.2 Å². The molecule has 1 aliphatic heterocycles. The Balaban J connectivity index is 1.42. The van der Waals surface area contributed by atoms with Crippen LogP contribution in [0.5, 0.6) is 0 Å². The average Bonchev–Trinajstić information content (AvgIpc) is 3.50. The van der Waals surface area contributed by atoms with Crippen LogP contribution < -0.4 is 10.7 Å². The molecule has 10 heteroatoms. The first-order valence-electron chi connectivity index (χ1n) is 13.6. The molecule has 5 aromatic rings. The van der Waals surface area contributed by atoms with Crippen LogP contribution in [-0.4, -0.2) is 61.7 Å². The number of amides is 1. The molecule has 40 heavy (non-hydrogen) atoms. The third kappa shape index (κ3) is 4.75. The van der Waals surface area contributed by atoms with Crippen molar-refractivity contribution in [2.24, 2.45) is 7.05 Å². The van der Waals surface area contributed by atoms with Gasteiger partial charge in [-0.05, 0) is 57.1 Å². The summed E-state index contributed by atoms with van der Waals surface area (Å²) < 4.78 is 19.2. The predicted octanol–water partition coefficient (Wildman–Crippen LogP) is 4.42. The van der Waals surface area contributed by atoms with Crippen LogP contribution in [0.3, 0.4) is 0 Å². The van der Waals surface area contributed by atoms with Gasteiger partial charge in [0.2, 0.25) is 5.43 Å². The number of imidazole rings is 1. The molecule has 0 saturated carbocycles. The Kier molecular flexibility index (Phi) is 7.29. The fraction of sp³-hybridized carbons (Fsp3) is 0.333. The summed E-state index contributed by atoms with van der Waals surface area (Å²) in [7, 11) is 3.96. The van der Waals surface area contributed by atoms with E-state index in [1.54, 1.807) is 24.7 Å². The van der Waals surface area contributed by atoms with Crippen molar-refractivity contribution in [3.05, 3.63) is 82.3 Å². The minimum Gasteiger partial charge on any atom is -0.352 e. The van der Waals surface area contributed by atoms with Crippen LogP contribution in [0.4, 0.5) is 4.39 Å². The zero-order chi connectivity index (χ0) is 27.8. The monoisotopic (exact) mass is 558 g/mol. The van der Waals surface area contributed by atoms with Crippen LogP contribution in [-0.2, 0) is 13.5 Å². The predicted molar refractivity (Wildman–Crippen MR) is 157 cm³/mol. The molecule has 206 valence electrons. The van der Waals surface area contributed by atoms with Gasteiger partial charge in [-0.15, -0.1) is 11.8 Å². The van der Waals surface area contributed by atoms with E-state index in [-0.39, 0.29) is 10.9 Å². The first-order valence-corrected chi connectivity index (χ1v) is 14.5. The van der Waals surface area contributed by atoms with Gasteiger partial charge in [0.1, 0.15) is 17.0 Å². The second kappa shape index (κ2) is 11.0. The van der Waals surface area contributed by atoms with Crippen molar-refractivity contribution in [3.63, 3.8) is 0 Å². The number of fused-ring (bicyclic) bond motifs is 5. The number of carbonyl (C=O) groups excluding carboxylic acids is 1. The fourth-order valence-corrected chi connectivity index (χ4v) is 6.73. The van der Waals surface area contributed by atoms with Crippen molar-refractivity contribution in [3.8, 4) is 0 Å². The number of aromatic nitrogens is 4. The molecule has 1 N–H and O–H groups in total. The first kappa shape index (κ1) is 26.5. The van der Waals surface area contributed by atoms with Crippen LogP contribution in [0.2, 0.25) is 0 Å². The summed E-state index contributed by atoms with van der Waals surface area (Å²) in [6, 6.07) is 11.2. The number of halogens is 1. The molecular formula is C30H31FN6O2S. The lowest BCUT2D eigenvalue weighted by Gasteiger charge is -2.19. The number of aryl methyl sites for hydroxylation is 2. The van der Waals surface area contributed by atoms with Crippen LogP contribution in [0.25, 0.3) is 27.6 Å². The number of para-hydroxylation sites is 2. The quantitative estimate of drug-likeness (QED) is 0.284. The number of nitrogens with one attached hydrogen (secondary N) is 1. The highest BCUT2D eigenvalue weighted by molar-refractivity contribution is 7.99. The Hall–Kier alpha value is -3.76. The van der Waals surface area contributed by atoms with E-state index in [0.29, 0.717) is 40.8 Å². The van der Waals surface area contributed by atoms with Gasteiger partial charge in [-0.2, -0.15) is 0 Å². The third-order valence-electron chi connectivity index (χ3n) is 7.89. The molecule has 2 aromatic carbocycles. The third-order valence-corrected chi connectivity index (χ3v) is 8.93. The Morgan fingerprint density at radius 2 is 1.98 bits per heavy atom. The number of carbonyl (C=O) groups is 1. The van der Waals surface area contributed by atoms with Gasteiger partial charge in [0.15, 0.2) is 0 Å². The maximum Gasteiger partial charge on any atom is 0.259 e. The number of pyridine rings is 1. The zero-order valence-corrected chi connectivity index (χ0v) is 23.4. The number of rotatable bonds is 8. The number of benzene rings is 2. The van der Waals surface area contributed by atoms with Crippen molar-refractivity contribution in [1.82, 2.24) is 29.2 Å². The van der Waals surface area contributed by atoms with E-state index >= 15 is 4.39 Å². The summed E-state index contributed by atoms with van der Waals surface area (Å²) in [6.45, 7) is 1.53. The lowest BCUT2D eigenvalue weighted by atomic mass is 10.1. The lowest BCUT2D eigenvalue weighted by molar-refractivity contribution is 0.0950. The normalized spacial score (nSPS) is 15.9. The molecule has 0 aliphatic carbocycles.